The van der Waals surface area contributed by atoms with E-state index in [0.717, 1.165) is 24.0 Å². The van der Waals surface area contributed by atoms with Gasteiger partial charge < -0.3 is 19.1 Å². The number of halogens is 2. The van der Waals surface area contributed by atoms with Crippen molar-refractivity contribution in [2.45, 2.75) is 44.8 Å². The number of hydrogen-bond donors (Lipinski definition) is 0. The number of methoxy groups -OCH3 is 1. The molecule has 0 saturated carbocycles. The van der Waals surface area contributed by atoms with Gasteiger partial charge in [0.05, 0.1) is 35.4 Å². The van der Waals surface area contributed by atoms with Crippen LogP contribution in [0.25, 0.3) is 0 Å². The van der Waals surface area contributed by atoms with Crippen molar-refractivity contribution in [2.75, 3.05) is 20.3 Å². The smallest absolute Gasteiger partial charge is 0.336 e. The zero-order valence-corrected chi connectivity index (χ0v) is 20.7. The van der Waals surface area contributed by atoms with Gasteiger partial charge in [0.1, 0.15) is 12.4 Å². The summed E-state index contributed by atoms with van der Waals surface area (Å²) in [6, 6.07) is 12.5. The van der Waals surface area contributed by atoms with Crippen molar-refractivity contribution in [3.8, 4) is 5.75 Å². The van der Waals surface area contributed by atoms with Crippen molar-refractivity contribution in [1.82, 2.24) is 4.90 Å². The Hall–Kier alpha value is -2.54. The predicted octanol–water partition coefficient (Wildman–Crippen LogP) is 5.51. The van der Waals surface area contributed by atoms with Crippen LogP contribution in [0, 0.1) is 0 Å². The van der Waals surface area contributed by atoms with E-state index in [-0.39, 0.29) is 25.0 Å². The molecule has 0 bridgehead atoms. The summed E-state index contributed by atoms with van der Waals surface area (Å²) in [5, 5.41) is 0.779. The van der Waals surface area contributed by atoms with Gasteiger partial charge in [-0.1, -0.05) is 47.5 Å². The summed E-state index contributed by atoms with van der Waals surface area (Å²) in [5.74, 6) is -0.399. The van der Waals surface area contributed by atoms with Crippen molar-refractivity contribution in [3.05, 3.63) is 74.9 Å². The van der Waals surface area contributed by atoms with Crippen LogP contribution in [0.15, 0.2) is 53.7 Å². The van der Waals surface area contributed by atoms with Crippen molar-refractivity contribution in [2.24, 2.45) is 0 Å². The zero-order chi connectivity index (χ0) is 24.2. The van der Waals surface area contributed by atoms with E-state index in [9.17, 15) is 9.59 Å². The van der Waals surface area contributed by atoms with Crippen LogP contribution in [0.2, 0.25) is 10.0 Å². The van der Waals surface area contributed by atoms with Crippen LogP contribution in [0.4, 0.5) is 0 Å². The van der Waals surface area contributed by atoms with E-state index in [1.54, 1.807) is 37.1 Å². The Balaban J connectivity index is 1.66. The van der Waals surface area contributed by atoms with E-state index in [4.69, 9.17) is 37.4 Å². The Morgan fingerprint density at radius 3 is 2.68 bits per heavy atom. The maximum absolute atomic E-state index is 13.5. The van der Waals surface area contributed by atoms with Gasteiger partial charge in [-0.15, -0.1) is 0 Å². The van der Waals surface area contributed by atoms with E-state index < -0.39 is 11.9 Å². The quantitative estimate of drug-likeness (QED) is 0.465. The maximum Gasteiger partial charge on any atom is 0.336 e. The monoisotopic (exact) mass is 503 g/mol. The van der Waals surface area contributed by atoms with Gasteiger partial charge in [-0.3, -0.25) is 4.79 Å². The second-order valence-corrected chi connectivity index (χ2v) is 9.27. The first-order chi connectivity index (χ1) is 16.4. The summed E-state index contributed by atoms with van der Waals surface area (Å²) in [4.78, 5) is 28.3. The first kappa shape index (κ1) is 24.6. The Bertz CT molecular complexity index is 1110. The van der Waals surface area contributed by atoms with E-state index in [1.807, 2.05) is 24.3 Å². The van der Waals surface area contributed by atoms with Crippen molar-refractivity contribution >= 4 is 35.1 Å². The van der Waals surface area contributed by atoms with Gasteiger partial charge in [0.2, 0.25) is 5.91 Å². The summed E-state index contributed by atoms with van der Waals surface area (Å²) >= 11 is 12.4. The summed E-state index contributed by atoms with van der Waals surface area (Å²) in [5.41, 5.74) is 2.51. The van der Waals surface area contributed by atoms with Crippen LogP contribution in [-0.2, 0) is 25.7 Å². The molecule has 2 aliphatic heterocycles. The third kappa shape index (κ3) is 5.24. The average Bonchev–Trinajstić information content (AvgIpc) is 3.35. The van der Waals surface area contributed by atoms with Crippen LogP contribution >= 0.6 is 23.2 Å². The largest absolute Gasteiger partial charge is 0.496 e. The lowest BCUT2D eigenvalue weighted by Gasteiger charge is -2.35. The van der Waals surface area contributed by atoms with Crippen LogP contribution in [0.1, 0.15) is 43.2 Å². The molecule has 1 saturated heterocycles. The number of rotatable bonds is 7. The normalized spacial score (nSPS) is 20.6. The average molecular weight is 504 g/mol. The molecule has 0 N–H and O–H groups in total. The van der Waals surface area contributed by atoms with Crippen molar-refractivity contribution in [1.29, 1.82) is 0 Å². The Kier molecular flexibility index (Phi) is 7.81. The Morgan fingerprint density at radius 1 is 1.18 bits per heavy atom. The van der Waals surface area contributed by atoms with E-state index in [0.29, 0.717) is 40.2 Å². The number of benzene rings is 2. The first-order valence-corrected chi connectivity index (χ1v) is 12.0. The number of allylic oxidation sites excluding steroid dienone is 1. The SMILES string of the molecule is COc1ccccc1COC(=O)C1=C(C)N(C[C@H]2CCCO2)C(=O)C[C@H]1c1ccc(Cl)c(Cl)c1. The third-order valence-electron chi connectivity index (χ3n) is 6.35. The number of amides is 1. The lowest BCUT2D eigenvalue weighted by molar-refractivity contribution is -0.141. The van der Waals surface area contributed by atoms with E-state index in [1.165, 1.54) is 0 Å². The highest BCUT2D eigenvalue weighted by Crippen LogP contribution is 2.39. The molecule has 1 fully saturated rings. The highest BCUT2D eigenvalue weighted by Gasteiger charge is 2.38. The van der Waals surface area contributed by atoms with E-state index in [2.05, 4.69) is 0 Å². The lowest BCUT2D eigenvalue weighted by atomic mass is 9.83. The van der Waals surface area contributed by atoms with E-state index >= 15 is 0 Å². The fourth-order valence-corrected chi connectivity index (χ4v) is 4.86. The molecule has 0 aliphatic carbocycles. The molecule has 2 aliphatic rings. The molecule has 34 heavy (non-hydrogen) atoms. The van der Waals surface area contributed by atoms with Gasteiger partial charge in [0.25, 0.3) is 0 Å². The summed E-state index contributed by atoms with van der Waals surface area (Å²) in [6.07, 6.45) is 1.95. The maximum atomic E-state index is 13.5. The fraction of sp³-hybridized carbons (Fsp3) is 0.385. The molecule has 2 heterocycles. The van der Waals surface area contributed by atoms with Crippen LogP contribution < -0.4 is 4.74 Å². The second kappa shape index (κ2) is 10.8. The second-order valence-electron chi connectivity index (χ2n) is 8.46. The van der Waals surface area contributed by atoms with Gasteiger partial charge in [-0.2, -0.15) is 0 Å². The molecule has 180 valence electrons. The number of carbonyl (C=O) groups excluding carboxylic acids is 2. The molecule has 2 aromatic carbocycles. The number of ether oxygens (including phenoxy) is 3. The standard InChI is InChI=1S/C26H27Cl2NO5/c1-16-25(26(31)34-15-18-6-3-4-8-23(18)32-2)20(17-9-10-21(27)22(28)12-17)13-24(30)29(16)14-19-7-5-11-33-19/h3-4,6,8-10,12,19-20H,5,7,11,13-15H2,1-2H3/t19-,20+/m1/s1. The number of carbonyl (C=O) groups is 2. The first-order valence-electron chi connectivity index (χ1n) is 11.3. The highest BCUT2D eigenvalue weighted by atomic mass is 35.5. The van der Waals surface area contributed by atoms with Crippen LogP contribution in [0.5, 0.6) is 5.75 Å². The molecule has 2 atom stereocenters. The molecule has 0 unspecified atom stereocenters. The molecule has 0 aromatic heterocycles. The molecule has 8 heteroatoms. The van der Waals surface area contributed by atoms with Crippen LogP contribution in [0.3, 0.4) is 0 Å². The number of para-hydroxylation sites is 1. The Morgan fingerprint density at radius 2 is 1.97 bits per heavy atom. The minimum atomic E-state index is -0.492. The lowest BCUT2D eigenvalue weighted by Crippen LogP contribution is -2.42. The Labute approximate surface area is 209 Å². The summed E-state index contributed by atoms with van der Waals surface area (Å²) in [7, 11) is 1.57. The zero-order valence-electron chi connectivity index (χ0n) is 19.2. The molecule has 0 radical (unpaired) electrons. The minimum absolute atomic E-state index is 0.0359. The van der Waals surface area contributed by atoms with Crippen molar-refractivity contribution in [3.63, 3.8) is 0 Å². The predicted molar refractivity (Wildman–Crippen MR) is 130 cm³/mol. The molecule has 6 nitrogen and oxygen atoms in total. The van der Waals surface area contributed by atoms with Crippen LogP contribution in [-0.4, -0.2) is 43.1 Å². The van der Waals surface area contributed by atoms with Crippen molar-refractivity contribution < 1.29 is 23.8 Å². The molecular weight excluding hydrogens is 477 g/mol. The summed E-state index contributed by atoms with van der Waals surface area (Å²) in [6.45, 7) is 2.95. The molecule has 1 amide bonds. The third-order valence-corrected chi connectivity index (χ3v) is 7.09. The molecule has 4 rings (SSSR count). The van der Waals surface area contributed by atoms with Gasteiger partial charge in [0, 0.05) is 30.2 Å². The van der Waals surface area contributed by atoms with Gasteiger partial charge in [0.15, 0.2) is 0 Å². The van der Waals surface area contributed by atoms with Gasteiger partial charge in [-0.05, 0) is 43.5 Å². The minimum Gasteiger partial charge on any atom is -0.496 e. The molecular formula is C26H27Cl2NO5. The fourth-order valence-electron chi connectivity index (χ4n) is 4.55. The topological polar surface area (TPSA) is 65.1 Å². The summed E-state index contributed by atoms with van der Waals surface area (Å²) < 4.78 is 16.8. The molecule has 2 aromatic rings. The number of hydrogen-bond acceptors (Lipinski definition) is 5. The number of esters is 1. The highest BCUT2D eigenvalue weighted by molar-refractivity contribution is 6.42. The number of nitrogens with zero attached hydrogens (tertiary/aromatic N) is 1. The van der Waals surface area contributed by atoms with Gasteiger partial charge >= 0.3 is 5.97 Å². The van der Waals surface area contributed by atoms with Gasteiger partial charge in [-0.25, -0.2) is 4.79 Å². The molecule has 0 spiro atoms.